The highest BCUT2D eigenvalue weighted by Crippen LogP contribution is 2.38. The number of phenolic OH excluding ortho intramolecular Hbond substituents is 1. The van der Waals surface area contributed by atoms with Gasteiger partial charge in [-0.2, -0.15) is 18.4 Å². The molecule has 0 aliphatic heterocycles. The Morgan fingerprint density at radius 1 is 1.47 bits per heavy atom. The van der Waals surface area contributed by atoms with Crippen LogP contribution >= 0.6 is 0 Å². The van der Waals surface area contributed by atoms with E-state index < -0.39 is 41.0 Å². The molecule has 102 valence electrons. The number of carbonyl (C=O) groups is 1. The van der Waals surface area contributed by atoms with Crippen molar-refractivity contribution in [3.05, 3.63) is 28.8 Å². The highest BCUT2D eigenvalue weighted by atomic mass is 19.4. The molecule has 0 bridgehead atoms. The van der Waals surface area contributed by atoms with E-state index in [9.17, 15) is 23.1 Å². The Morgan fingerprint density at radius 2 is 2.11 bits per heavy atom. The predicted molar refractivity (Wildman–Crippen MR) is 58.2 cm³/mol. The van der Waals surface area contributed by atoms with Gasteiger partial charge in [0.2, 0.25) is 0 Å². The van der Waals surface area contributed by atoms with Crippen molar-refractivity contribution in [2.45, 2.75) is 19.5 Å². The first-order chi connectivity index (χ1) is 8.81. The fraction of sp³-hybridized carbons (Fsp3) is 0.333. The third-order valence-electron chi connectivity index (χ3n) is 2.31. The van der Waals surface area contributed by atoms with Crippen molar-refractivity contribution < 1.29 is 27.8 Å². The summed E-state index contributed by atoms with van der Waals surface area (Å²) in [6, 6.07) is 3.19. The number of phenols is 1. The molecule has 0 spiro atoms. The molecule has 4 nitrogen and oxygen atoms in total. The summed E-state index contributed by atoms with van der Waals surface area (Å²) >= 11 is 0. The van der Waals surface area contributed by atoms with Crippen molar-refractivity contribution in [1.82, 2.24) is 0 Å². The number of benzene rings is 1. The number of hydrogen-bond donors (Lipinski definition) is 1. The molecule has 1 N–H and O–H groups in total. The normalized spacial score (nSPS) is 10.9. The Hall–Kier alpha value is -2.23. The summed E-state index contributed by atoms with van der Waals surface area (Å²) < 4.78 is 43.3. The van der Waals surface area contributed by atoms with Crippen molar-refractivity contribution in [1.29, 1.82) is 5.26 Å². The Balaban J connectivity index is 3.33. The second-order valence-electron chi connectivity index (χ2n) is 3.59. The lowest BCUT2D eigenvalue weighted by Crippen LogP contribution is -2.16. The first-order valence-electron chi connectivity index (χ1n) is 5.29. The van der Waals surface area contributed by atoms with Gasteiger partial charge in [-0.05, 0) is 18.6 Å². The highest BCUT2D eigenvalue weighted by molar-refractivity contribution is 5.74. The van der Waals surface area contributed by atoms with Crippen LogP contribution in [0.2, 0.25) is 0 Å². The molecule has 0 saturated carbocycles. The van der Waals surface area contributed by atoms with Crippen LogP contribution in [0.5, 0.6) is 5.75 Å². The lowest BCUT2D eigenvalue weighted by atomic mass is 9.98. The molecule has 0 aromatic heterocycles. The topological polar surface area (TPSA) is 70.3 Å². The van der Waals surface area contributed by atoms with Crippen LogP contribution in [0.15, 0.2) is 12.1 Å². The van der Waals surface area contributed by atoms with Crippen molar-refractivity contribution in [2.75, 3.05) is 6.61 Å². The molecule has 19 heavy (non-hydrogen) atoms. The number of hydrogen-bond acceptors (Lipinski definition) is 4. The van der Waals surface area contributed by atoms with E-state index in [0.29, 0.717) is 0 Å². The summed E-state index contributed by atoms with van der Waals surface area (Å²) in [4.78, 5) is 11.2. The van der Waals surface area contributed by atoms with Crippen LogP contribution in [0.25, 0.3) is 0 Å². The molecular weight excluding hydrogens is 263 g/mol. The molecule has 0 saturated heterocycles. The standard InChI is InChI=1S/C12H10F3NO3/c1-2-19-10(18)5-7-3-4-9(17)8(6-16)11(7)12(13,14)15/h3-4,17H,2,5H2,1H3. The summed E-state index contributed by atoms with van der Waals surface area (Å²) in [5.74, 6) is -1.61. The Kier molecular flexibility index (Phi) is 4.38. The van der Waals surface area contributed by atoms with Crippen molar-refractivity contribution >= 4 is 5.97 Å². The fourth-order valence-corrected chi connectivity index (χ4v) is 1.59. The number of rotatable bonds is 3. The fourth-order valence-electron chi connectivity index (χ4n) is 1.59. The van der Waals surface area contributed by atoms with Gasteiger partial charge in [-0.15, -0.1) is 0 Å². The molecule has 0 aliphatic carbocycles. The van der Waals surface area contributed by atoms with Gasteiger partial charge in [-0.25, -0.2) is 0 Å². The van der Waals surface area contributed by atoms with E-state index in [1.165, 1.54) is 13.0 Å². The lowest BCUT2D eigenvalue weighted by molar-refractivity contribution is -0.143. The summed E-state index contributed by atoms with van der Waals surface area (Å²) in [7, 11) is 0. The molecule has 0 heterocycles. The van der Waals surface area contributed by atoms with Gasteiger partial charge < -0.3 is 9.84 Å². The molecular formula is C12H10F3NO3. The number of nitriles is 1. The number of ether oxygens (including phenoxy) is 1. The maximum absolute atomic E-state index is 12.9. The van der Waals surface area contributed by atoms with Gasteiger partial charge in [-0.1, -0.05) is 6.07 Å². The van der Waals surface area contributed by atoms with Crippen LogP contribution in [-0.2, 0) is 22.1 Å². The van der Waals surface area contributed by atoms with E-state index in [-0.39, 0.29) is 6.61 Å². The molecule has 0 fully saturated rings. The third kappa shape index (κ3) is 3.37. The second kappa shape index (κ2) is 5.61. The second-order valence-corrected chi connectivity index (χ2v) is 3.59. The van der Waals surface area contributed by atoms with Gasteiger partial charge in [0.25, 0.3) is 0 Å². The number of esters is 1. The van der Waals surface area contributed by atoms with Crippen LogP contribution in [-0.4, -0.2) is 17.7 Å². The van der Waals surface area contributed by atoms with Crippen molar-refractivity contribution in [2.24, 2.45) is 0 Å². The lowest BCUT2D eigenvalue weighted by Gasteiger charge is -2.14. The molecule has 0 amide bonds. The van der Waals surface area contributed by atoms with E-state index in [2.05, 4.69) is 4.74 Å². The van der Waals surface area contributed by atoms with E-state index in [1.807, 2.05) is 0 Å². The van der Waals surface area contributed by atoms with Gasteiger partial charge in [0.1, 0.15) is 17.4 Å². The molecule has 0 atom stereocenters. The molecule has 0 unspecified atom stereocenters. The van der Waals surface area contributed by atoms with Crippen LogP contribution in [0.3, 0.4) is 0 Å². The summed E-state index contributed by atoms with van der Waals surface area (Å²) in [5, 5.41) is 18.0. The van der Waals surface area contributed by atoms with Gasteiger partial charge in [0, 0.05) is 0 Å². The minimum absolute atomic E-state index is 0.0450. The quantitative estimate of drug-likeness (QED) is 0.858. The number of nitrogens with zero attached hydrogens (tertiary/aromatic N) is 1. The zero-order valence-corrected chi connectivity index (χ0v) is 9.91. The zero-order chi connectivity index (χ0) is 14.6. The van der Waals surface area contributed by atoms with Crippen LogP contribution in [0, 0.1) is 11.3 Å². The monoisotopic (exact) mass is 273 g/mol. The van der Waals surface area contributed by atoms with E-state index >= 15 is 0 Å². The number of carbonyl (C=O) groups excluding carboxylic acids is 1. The minimum atomic E-state index is -4.84. The molecule has 1 rings (SSSR count). The first-order valence-corrected chi connectivity index (χ1v) is 5.29. The number of alkyl halides is 3. The first kappa shape index (κ1) is 14.8. The average molecular weight is 273 g/mol. The largest absolute Gasteiger partial charge is 0.507 e. The summed E-state index contributed by atoms with van der Waals surface area (Å²) in [6.45, 7) is 1.57. The van der Waals surface area contributed by atoms with Gasteiger partial charge in [0.15, 0.2) is 0 Å². The molecule has 0 aliphatic rings. The maximum atomic E-state index is 12.9. The molecule has 0 radical (unpaired) electrons. The Morgan fingerprint density at radius 3 is 2.58 bits per heavy atom. The van der Waals surface area contributed by atoms with Crippen LogP contribution in [0.1, 0.15) is 23.6 Å². The van der Waals surface area contributed by atoms with E-state index in [0.717, 1.165) is 12.1 Å². The van der Waals surface area contributed by atoms with Crippen LogP contribution < -0.4 is 0 Å². The highest BCUT2D eigenvalue weighted by Gasteiger charge is 2.38. The molecule has 7 heteroatoms. The smallest absolute Gasteiger partial charge is 0.418 e. The predicted octanol–water partition coefficient (Wildman–Crippen LogP) is 2.39. The maximum Gasteiger partial charge on any atom is 0.418 e. The number of aromatic hydroxyl groups is 1. The summed E-state index contributed by atoms with van der Waals surface area (Å²) in [5.41, 5.74) is -2.60. The Labute approximate surface area is 107 Å². The van der Waals surface area contributed by atoms with Crippen molar-refractivity contribution in [3.63, 3.8) is 0 Å². The van der Waals surface area contributed by atoms with E-state index in [1.54, 1.807) is 0 Å². The van der Waals surface area contributed by atoms with E-state index in [4.69, 9.17) is 5.26 Å². The summed E-state index contributed by atoms with van der Waals surface area (Å²) in [6.07, 6.45) is -5.46. The van der Waals surface area contributed by atoms with Crippen LogP contribution in [0.4, 0.5) is 13.2 Å². The molecule has 1 aromatic carbocycles. The SMILES string of the molecule is CCOC(=O)Cc1ccc(O)c(C#N)c1C(F)(F)F. The van der Waals surface area contributed by atoms with Crippen molar-refractivity contribution in [3.8, 4) is 11.8 Å². The Bertz CT molecular complexity index is 532. The zero-order valence-electron chi connectivity index (χ0n) is 9.91. The van der Waals surface area contributed by atoms with Gasteiger partial charge >= 0.3 is 12.1 Å². The molecule has 1 aromatic rings. The number of halogens is 3. The average Bonchev–Trinajstić information content (AvgIpc) is 2.29. The minimum Gasteiger partial charge on any atom is -0.507 e. The third-order valence-corrected chi connectivity index (χ3v) is 2.31. The van der Waals surface area contributed by atoms with Gasteiger partial charge in [0.05, 0.1) is 18.6 Å². The van der Waals surface area contributed by atoms with Gasteiger partial charge in [-0.3, -0.25) is 4.79 Å².